The summed E-state index contributed by atoms with van der Waals surface area (Å²) in [6, 6.07) is 8.23. The predicted molar refractivity (Wildman–Crippen MR) is 121 cm³/mol. The maximum atomic E-state index is 12.0. The molecule has 1 aliphatic heterocycles. The molecule has 2 rings (SSSR count). The first kappa shape index (κ1) is 24.7. The van der Waals surface area contributed by atoms with Gasteiger partial charge in [0.1, 0.15) is 18.5 Å². The summed E-state index contributed by atoms with van der Waals surface area (Å²) in [6.07, 6.45) is 2.31. The van der Waals surface area contributed by atoms with Gasteiger partial charge in [0, 0.05) is 13.1 Å². The number of esters is 1. The Hall–Kier alpha value is -1.59. The normalized spacial score (nSPS) is 19.4. The number of nitrogens with zero attached hydrogens (tertiary/aromatic N) is 1. The zero-order chi connectivity index (χ0) is 22.4. The fourth-order valence-electron chi connectivity index (χ4n) is 4.65. The smallest absolute Gasteiger partial charge is 0.310 e. The molecule has 1 heterocycles. The van der Waals surface area contributed by atoms with Gasteiger partial charge in [-0.05, 0) is 61.3 Å². The molecular formula is C25H41NO4. The van der Waals surface area contributed by atoms with Crippen LogP contribution in [0.2, 0.25) is 0 Å². The number of hydrogen-bond donors (Lipinski definition) is 1. The fourth-order valence-corrected chi connectivity index (χ4v) is 4.65. The lowest BCUT2D eigenvalue weighted by atomic mass is 9.72. The molecule has 1 aromatic carbocycles. The van der Waals surface area contributed by atoms with Gasteiger partial charge in [0.25, 0.3) is 0 Å². The molecule has 5 nitrogen and oxygen atoms in total. The molecule has 0 spiro atoms. The van der Waals surface area contributed by atoms with Crippen molar-refractivity contribution in [1.29, 1.82) is 0 Å². The molecule has 30 heavy (non-hydrogen) atoms. The highest BCUT2D eigenvalue weighted by molar-refractivity contribution is 5.72. The van der Waals surface area contributed by atoms with Crippen LogP contribution in [-0.2, 0) is 14.9 Å². The van der Waals surface area contributed by atoms with Crippen LogP contribution >= 0.6 is 0 Å². The Bertz CT molecular complexity index is 663. The van der Waals surface area contributed by atoms with Crippen molar-refractivity contribution >= 4 is 5.97 Å². The molecule has 0 aromatic heterocycles. The van der Waals surface area contributed by atoms with E-state index in [1.165, 1.54) is 5.56 Å². The van der Waals surface area contributed by atoms with E-state index in [0.29, 0.717) is 19.7 Å². The number of carbonyl (C=O) groups excluding carboxylic acids is 1. The zero-order valence-electron chi connectivity index (χ0n) is 19.7. The van der Waals surface area contributed by atoms with Gasteiger partial charge in [-0.15, -0.1) is 0 Å². The van der Waals surface area contributed by atoms with E-state index in [9.17, 15) is 9.90 Å². The van der Waals surface area contributed by atoms with Crippen LogP contribution in [0.1, 0.15) is 66.4 Å². The van der Waals surface area contributed by atoms with Gasteiger partial charge in [0.15, 0.2) is 0 Å². The minimum Gasteiger partial charge on any atom is -0.491 e. The van der Waals surface area contributed by atoms with Crippen molar-refractivity contribution in [2.24, 2.45) is 11.3 Å². The largest absolute Gasteiger partial charge is 0.491 e. The third-order valence-corrected chi connectivity index (χ3v) is 5.64. The van der Waals surface area contributed by atoms with Gasteiger partial charge in [-0.3, -0.25) is 9.69 Å². The number of benzene rings is 1. The Morgan fingerprint density at radius 1 is 1.20 bits per heavy atom. The number of piperidine rings is 1. The van der Waals surface area contributed by atoms with Crippen molar-refractivity contribution in [3.8, 4) is 5.75 Å². The van der Waals surface area contributed by atoms with Crippen molar-refractivity contribution in [2.75, 3.05) is 32.8 Å². The van der Waals surface area contributed by atoms with E-state index < -0.39 is 6.10 Å². The van der Waals surface area contributed by atoms with Crippen LogP contribution in [0.3, 0.4) is 0 Å². The second kappa shape index (κ2) is 10.6. The Kier molecular flexibility index (Phi) is 8.74. The molecule has 0 radical (unpaired) electrons. The van der Waals surface area contributed by atoms with Gasteiger partial charge < -0.3 is 14.6 Å². The average Bonchev–Trinajstić information content (AvgIpc) is 2.65. The van der Waals surface area contributed by atoms with Crippen molar-refractivity contribution in [3.05, 3.63) is 29.8 Å². The Morgan fingerprint density at radius 2 is 1.87 bits per heavy atom. The van der Waals surface area contributed by atoms with Crippen molar-refractivity contribution in [1.82, 2.24) is 4.90 Å². The van der Waals surface area contributed by atoms with Crippen LogP contribution in [0.25, 0.3) is 0 Å². The number of aliphatic hydroxyl groups excluding tert-OH is 1. The van der Waals surface area contributed by atoms with Gasteiger partial charge in [0.2, 0.25) is 0 Å². The van der Waals surface area contributed by atoms with Gasteiger partial charge in [-0.25, -0.2) is 0 Å². The molecule has 1 N–H and O–H groups in total. The predicted octanol–water partition coefficient (Wildman–Crippen LogP) is 4.42. The highest BCUT2D eigenvalue weighted by Crippen LogP contribution is 2.36. The summed E-state index contributed by atoms with van der Waals surface area (Å²) in [7, 11) is 0. The Morgan fingerprint density at radius 3 is 2.47 bits per heavy atom. The lowest BCUT2D eigenvalue weighted by Gasteiger charge is -2.33. The van der Waals surface area contributed by atoms with Gasteiger partial charge in [-0.1, -0.05) is 46.8 Å². The third kappa shape index (κ3) is 7.92. The Balaban J connectivity index is 1.82. The van der Waals surface area contributed by atoms with Crippen molar-refractivity contribution in [2.45, 2.75) is 72.3 Å². The molecule has 0 aliphatic carbocycles. The molecule has 1 saturated heterocycles. The molecule has 1 fully saturated rings. The summed E-state index contributed by atoms with van der Waals surface area (Å²) in [5.41, 5.74) is 1.66. The number of ether oxygens (including phenoxy) is 2. The fraction of sp³-hybridized carbons (Fsp3) is 0.720. The number of rotatable bonds is 9. The average molecular weight is 420 g/mol. The number of carbonyl (C=O) groups is 1. The molecule has 5 heteroatoms. The van der Waals surface area contributed by atoms with E-state index in [1.54, 1.807) is 0 Å². The summed E-state index contributed by atoms with van der Waals surface area (Å²) in [4.78, 5) is 14.1. The van der Waals surface area contributed by atoms with E-state index in [-0.39, 0.29) is 29.3 Å². The maximum Gasteiger partial charge on any atom is 0.310 e. The first-order chi connectivity index (χ1) is 14.0. The molecule has 0 bridgehead atoms. The lowest BCUT2D eigenvalue weighted by molar-refractivity contribution is -0.150. The zero-order valence-corrected chi connectivity index (χ0v) is 19.7. The molecule has 2 unspecified atom stereocenters. The van der Waals surface area contributed by atoms with Gasteiger partial charge in [0.05, 0.1) is 12.5 Å². The molecular weight excluding hydrogens is 378 g/mol. The molecule has 0 saturated carbocycles. The van der Waals surface area contributed by atoms with E-state index in [1.807, 2.05) is 19.1 Å². The lowest BCUT2D eigenvalue weighted by Crippen LogP contribution is -2.44. The SMILES string of the molecule is CCOC(=O)C1CCCN(CC(O)COc2ccc(C(C)(C)CC(C)(C)C)cc2)C1. The van der Waals surface area contributed by atoms with Gasteiger partial charge in [-0.2, -0.15) is 0 Å². The van der Waals surface area contributed by atoms with E-state index in [4.69, 9.17) is 9.47 Å². The molecule has 0 amide bonds. The highest BCUT2D eigenvalue weighted by Gasteiger charge is 2.28. The first-order valence-electron chi connectivity index (χ1n) is 11.3. The van der Waals surface area contributed by atoms with Crippen LogP contribution in [0.15, 0.2) is 24.3 Å². The van der Waals surface area contributed by atoms with Crippen molar-refractivity contribution in [3.63, 3.8) is 0 Å². The van der Waals surface area contributed by atoms with Crippen LogP contribution < -0.4 is 4.74 Å². The van der Waals surface area contributed by atoms with Crippen LogP contribution in [0, 0.1) is 11.3 Å². The van der Waals surface area contributed by atoms with E-state index in [0.717, 1.165) is 31.6 Å². The molecule has 170 valence electrons. The topological polar surface area (TPSA) is 59.0 Å². The minimum absolute atomic E-state index is 0.0872. The first-order valence-corrected chi connectivity index (χ1v) is 11.3. The quantitative estimate of drug-likeness (QED) is 0.601. The summed E-state index contributed by atoms with van der Waals surface area (Å²) < 4.78 is 11.0. The van der Waals surface area contributed by atoms with Crippen LogP contribution in [-0.4, -0.2) is 54.9 Å². The number of β-amino-alcohol motifs (C(OH)–C–C–N with tert-alkyl or cyclic N) is 1. The summed E-state index contributed by atoms with van der Waals surface area (Å²) >= 11 is 0. The number of aliphatic hydroxyl groups is 1. The van der Waals surface area contributed by atoms with Crippen LogP contribution in [0.4, 0.5) is 0 Å². The second-order valence-electron chi connectivity index (χ2n) is 10.5. The molecule has 1 aliphatic rings. The second-order valence-corrected chi connectivity index (χ2v) is 10.5. The van der Waals surface area contributed by atoms with Gasteiger partial charge >= 0.3 is 5.97 Å². The third-order valence-electron chi connectivity index (χ3n) is 5.64. The van der Waals surface area contributed by atoms with Crippen molar-refractivity contribution < 1.29 is 19.4 Å². The van der Waals surface area contributed by atoms with Crippen LogP contribution in [0.5, 0.6) is 5.75 Å². The summed E-state index contributed by atoms with van der Waals surface area (Å²) in [6.45, 7) is 15.9. The minimum atomic E-state index is -0.594. The van der Waals surface area contributed by atoms with E-state index >= 15 is 0 Å². The number of likely N-dealkylation sites (tertiary alicyclic amines) is 1. The maximum absolute atomic E-state index is 12.0. The monoisotopic (exact) mass is 419 g/mol. The molecule has 1 aromatic rings. The Labute approximate surface area is 182 Å². The summed E-state index contributed by atoms with van der Waals surface area (Å²) in [5.74, 6) is 0.561. The molecule has 2 atom stereocenters. The summed E-state index contributed by atoms with van der Waals surface area (Å²) in [5, 5.41) is 10.4. The highest BCUT2D eigenvalue weighted by atomic mass is 16.5. The number of hydrogen-bond acceptors (Lipinski definition) is 5. The van der Waals surface area contributed by atoms with E-state index in [2.05, 4.69) is 51.7 Å². The standard InChI is InChI=1S/C25H41NO4/c1-7-29-23(28)19-9-8-14-26(15-19)16-21(27)17-30-22-12-10-20(11-13-22)25(5,6)18-24(2,3)4/h10-13,19,21,27H,7-9,14-18H2,1-6H3.